The molecule has 0 amide bonds. The van der Waals surface area contributed by atoms with Crippen LogP contribution in [0.2, 0.25) is 0 Å². The van der Waals surface area contributed by atoms with Crippen LogP contribution in [0.5, 0.6) is 0 Å². The minimum absolute atomic E-state index is 0.785. The number of nitrogens with zero attached hydrogens (tertiary/aromatic N) is 2. The fraction of sp³-hybridized carbons (Fsp3) is 0.0714. The van der Waals surface area contributed by atoms with E-state index in [1.54, 1.807) is 0 Å². The molecular formula is C28H20N2. The van der Waals surface area contributed by atoms with Gasteiger partial charge in [-0.05, 0) is 22.3 Å². The maximum atomic E-state index is 10.9. The van der Waals surface area contributed by atoms with E-state index in [1.165, 1.54) is 0 Å². The number of benzene rings is 4. The highest BCUT2D eigenvalue weighted by molar-refractivity contribution is 5.63. The van der Waals surface area contributed by atoms with Gasteiger partial charge in [-0.1, -0.05) is 121 Å². The topological polar surface area (TPSA) is 47.6 Å². The Bertz CT molecular complexity index is 1010. The van der Waals surface area contributed by atoms with Crippen LogP contribution in [-0.4, -0.2) is 0 Å². The zero-order chi connectivity index (χ0) is 20.9. The van der Waals surface area contributed by atoms with E-state index in [9.17, 15) is 10.5 Å². The van der Waals surface area contributed by atoms with Crippen LogP contribution in [0.1, 0.15) is 22.3 Å². The second-order valence-electron chi connectivity index (χ2n) is 7.19. The molecule has 0 saturated heterocycles. The van der Waals surface area contributed by atoms with Gasteiger partial charge in [0.2, 0.25) is 0 Å². The second kappa shape index (κ2) is 8.08. The van der Waals surface area contributed by atoms with Crippen LogP contribution in [0.15, 0.2) is 121 Å². The lowest BCUT2D eigenvalue weighted by atomic mass is 9.53. The fourth-order valence-electron chi connectivity index (χ4n) is 4.38. The first-order valence-electron chi connectivity index (χ1n) is 9.84. The van der Waals surface area contributed by atoms with E-state index in [0.717, 1.165) is 22.3 Å². The summed E-state index contributed by atoms with van der Waals surface area (Å²) in [5.41, 5.74) is 0.627. The molecule has 0 radical (unpaired) electrons. The molecule has 0 aliphatic rings. The van der Waals surface area contributed by atoms with Gasteiger partial charge in [0.1, 0.15) is 10.8 Å². The summed E-state index contributed by atoms with van der Waals surface area (Å²) in [5, 5.41) is 21.7. The fourth-order valence-corrected chi connectivity index (χ4v) is 4.38. The summed E-state index contributed by atoms with van der Waals surface area (Å²) >= 11 is 0. The normalized spacial score (nSPS) is 11.3. The van der Waals surface area contributed by atoms with Crippen molar-refractivity contribution in [3.8, 4) is 12.1 Å². The Hall–Kier alpha value is -4.14. The molecule has 0 atom stereocenters. The molecular weight excluding hydrogens is 364 g/mol. The molecule has 4 aromatic carbocycles. The van der Waals surface area contributed by atoms with Crippen LogP contribution >= 0.6 is 0 Å². The van der Waals surface area contributed by atoms with E-state index in [2.05, 4.69) is 12.1 Å². The Morgan fingerprint density at radius 1 is 0.367 bits per heavy atom. The highest BCUT2D eigenvalue weighted by Gasteiger charge is 2.57. The lowest BCUT2D eigenvalue weighted by Crippen LogP contribution is -2.49. The van der Waals surface area contributed by atoms with Crippen molar-refractivity contribution in [2.45, 2.75) is 10.8 Å². The molecule has 4 rings (SSSR count). The molecule has 30 heavy (non-hydrogen) atoms. The van der Waals surface area contributed by atoms with Crippen molar-refractivity contribution >= 4 is 0 Å². The molecule has 0 unspecified atom stereocenters. The summed E-state index contributed by atoms with van der Waals surface area (Å²) in [6, 6.07) is 43.8. The molecule has 0 aromatic heterocycles. The Labute approximate surface area is 177 Å². The summed E-state index contributed by atoms with van der Waals surface area (Å²) in [7, 11) is 0. The molecule has 0 heterocycles. The molecule has 0 fully saturated rings. The van der Waals surface area contributed by atoms with Gasteiger partial charge in [0, 0.05) is 0 Å². The molecule has 0 spiro atoms. The smallest absolute Gasteiger partial charge is 0.134 e. The SMILES string of the molecule is N#CC(c1ccccc1)(c1ccccc1)C(C#N)(c1ccccc1)c1ccccc1. The summed E-state index contributed by atoms with van der Waals surface area (Å²) in [6.45, 7) is 0. The molecule has 142 valence electrons. The standard InChI is InChI=1S/C28H20N2/c29-21-27(23-13-5-1-6-14-23,24-15-7-2-8-16-24)28(22-30,25-17-9-3-10-18-25)26-19-11-4-12-20-26/h1-20H. The Morgan fingerprint density at radius 2 is 0.567 bits per heavy atom. The Balaban J connectivity index is 2.21. The lowest BCUT2D eigenvalue weighted by Gasteiger charge is -2.43. The zero-order valence-corrected chi connectivity index (χ0v) is 16.4. The van der Waals surface area contributed by atoms with Gasteiger partial charge in [-0.15, -0.1) is 0 Å². The molecule has 2 heteroatoms. The predicted octanol–water partition coefficient (Wildman–Crippen LogP) is 6.01. The summed E-state index contributed by atoms with van der Waals surface area (Å²) in [6.07, 6.45) is 0. The van der Waals surface area contributed by atoms with Crippen molar-refractivity contribution in [3.05, 3.63) is 144 Å². The van der Waals surface area contributed by atoms with Crippen LogP contribution in [0.4, 0.5) is 0 Å². The predicted molar refractivity (Wildman–Crippen MR) is 119 cm³/mol. The third-order valence-corrected chi connectivity index (χ3v) is 5.73. The van der Waals surface area contributed by atoms with Gasteiger partial charge >= 0.3 is 0 Å². The van der Waals surface area contributed by atoms with E-state index >= 15 is 0 Å². The van der Waals surface area contributed by atoms with Crippen LogP contribution in [0.3, 0.4) is 0 Å². The minimum atomic E-state index is -1.26. The monoisotopic (exact) mass is 384 g/mol. The first kappa shape index (κ1) is 19.2. The quantitative estimate of drug-likeness (QED) is 0.423. The highest BCUT2D eigenvalue weighted by Crippen LogP contribution is 2.52. The average molecular weight is 384 g/mol. The third kappa shape index (κ3) is 2.79. The van der Waals surface area contributed by atoms with Gasteiger partial charge in [0.15, 0.2) is 0 Å². The maximum absolute atomic E-state index is 10.9. The van der Waals surface area contributed by atoms with Gasteiger partial charge < -0.3 is 0 Å². The summed E-state index contributed by atoms with van der Waals surface area (Å²) in [5.74, 6) is 0. The van der Waals surface area contributed by atoms with Crippen LogP contribution in [0, 0.1) is 22.7 Å². The van der Waals surface area contributed by atoms with Crippen molar-refractivity contribution in [3.63, 3.8) is 0 Å². The number of hydrogen-bond acceptors (Lipinski definition) is 2. The molecule has 0 bridgehead atoms. The summed E-state index contributed by atoms with van der Waals surface area (Å²) < 4.78 is 0. The van der Waals surface area contributed by atoms with E-state index in [1.807, 2.05) is 121 Å². The van der Waals surface area contributed by atoms with Gasteiger partial charge in [0.05, 0.1) is 12.1 Å². The van der Waals surface area contributed by atoms with Crippen LogP contribution < -0.4 is 0 Å². The van der Waals surface area contributed by atoms with E-state index < -0.39 is 10.8 Å². The minimum Gasteiger partial charge on any atom is -0.197 e. The molecule has 0 N–H and O–H groups in total. The molecule has 0 aliphatic heterocycles. The Kier molecular flexibility index (Phi) is 5.17. The van der Waals surface area contributed by atoms with Crippen molar-refractivity contribution in [2.75, 3.05) is 0 Å². The second-order valence-corrected chi connectivity index (χ2v) is 7.19. The number of nitriles is 2. The van der Waals surface area contributed by atoms with Crippen molar-refractivity contribution in [2.24, 2.45) is 0 Å². The maximum Gasteiger partial charge on any atom is 0.134 e. The number of rotatable bonds is 5. The molecule has 0 aliphatic carbocycles. The van der Waals surface area contributed by atoms with Gasteiger partial charge in [0.25, 0.3) is 0 Å². The largest absolute Gasteiger partial charge is 0.197 e. The van der Waals surface area contributed by atoms with Gasteiger partial charge in [-0.2, -0.15) is 10.5 Å². The highest BCUT2D eigenvalue weighted by atomic mass is 14.6. The lowest BCUT2D eigenvalue weighted by molar-refractivity contribution is 0.470. The Morgan fingerprint density at radius 3 is 0.733 bits per heavy atom. The van der Waals surface area contributed by atoms with Crippen molar-refractivity contribution in [1.29, 1.82) is 10.5 Å². The summed E-state index contributed by atoms with van der Waals surface area (Å²) in [4.78, 5) is 0. The van der Waals surface area contributed by atoms with Gasteiger partial charge in [-0.25, -0.2) is 0 Å². The van der Waals surface area contributed by atoms with E-state index in [0.29, 0.717) is 0 Å². The average Bonchev–Trinajstić information content (AvgIpc) is 2.85. The van der Waals surface area contributed by atoms with E-state index in [4.69, 9.17) is 0 Å². The van der Waals surface area contributed by atoms with Gasteiger partial charge in [-0.3, -0.25) is 0 Å². The van der Waals surface area contributed by atoms with Crippen molar-refractivity contribution < 1.29 is 0 Å². The molecule has 4 aromatic rings. The molecule has 0 saturated carbocycles. The first-order chi connectivity index (χ1) is 14.8. The third-order valence-electron chi connectivity index (χ3n) is 5.73. The van der Waals surface area contributed by atoms with Crippen LogP contribution in [-0.2, 0) is 10.8 Å². The first-order valence-corrected chi connectivity index (χ1v) is 9.84. The van der Waals surface area contributed by atoms with Crippen molar-refractivity contribution in [1.82, 2.24) is 0 Å². The van der Waals surface area contributed by atoms with E-state index in [-0.39, 0.29) is 0 Å². The zero-order valence-electron chi connectivity index (χ0n) is 16.4. The molecule has 2 nitrogen and oxygen atoms in total. The number of hydrogen-bond donors (Lipinski definition) is 0. The van der Waals surface area contributed by atoms with Crippen LogP contribution in [0.25, 0.3) is 0 Å².